The minimum atomic E-state index is 0.0695. The summed E-state index contributed by atoms with van der Waals surface area (Å²) in [4.78, 5) is 12.2. The van der Waals surface area contributed by atoms with Crippen LogP contribution in [0.1, 0.15) is 32.1 Å². The van der Waals surface area contributed by atoms with Crippen LogP contribution >= 0.6 is 0 Å². The largest absolute Gasteiger partial charge is 0.348 e. The van der Waals surface area contributed by atoms with Gasteiger partial charge in [0.1, 0.15) is 5.70 Å². The van der Waals surface area contributed by atoms with Crippen LogP contribution in [-0.4, -0.2) is 18.0 Å². The van der Waals surface area contributed by atoms with E-state index in [4.69, 9.17) is 0 Å². The number of carbonyl (C=O) groups is 1. The Labute approximate surface area is 100 Å². The Morgan fingerprint density at radius 2 is 2.18 bits per heavy atom. The van der Waals surface area contributed by atoms with Crippen LogP contribution < -0.4 is 16.2 Å². The third kappa shape index (κ3) is 1.43. The van der Waals surface area contributed by atoms with Gasteiger partial charge in [-0.1, -0.05) is 24.5 Å². The smallest absolute Gasteiger partial charge is 0.269 e. The summed E-state index contributed by atoms with van der Waals surface area (Å²) < 4.78 is 0. The van der Waals surface area contributed by atoms with E-state index in [1.807, 2.05) is 0 Å². The normalized spacial score (nSPS) is 34.2. The maximum absolute atomic E-state index is 12.2. The fraction of sp³-hybridized carbons (Fsp3) is 0.615. The maximum Gasteiger partial charge on any atom is 0.269 e. The third-order valence-electron chi connectivity index (χ3n) is 4.41. The van der Waals surface area contributed by atoms with Gasteiger partial charge in [-0.3, -0.25) is 4.79 Å². The maximum atomic E-state index is 12.2. The van der Waals surface area contributed by atoms with Crippen molar-refractivity contribution >= 4 is 5.91 Å². The minimum Gasteiger partial charge on any atom is -0.348 e. The van der Waals surface area contributed by atoms with Gasteiger partial charge >= 0.3 is 0 Å². The lowest BCUT2D eigenvalue weighted by Gasteiger charge is -2.12. The molecule has 2 atom stereocenters. The van der Waals surface area contributed by atoms with Crippen molar-refractivity contribution in [1.29, 1.82) is 0 Å². The number of carbonyl (C=O) groups excluding carboxylic acids is 1. The second-order valence-corrected chi connectivity index (χ2v) is 5.56. The highest BCUT2D eigenvalue weighted by atomic mass is 16.2. The summed E-state index contributed by atoms with van der Waals surface area (Å²) in [5.74, 6) is 0.731. The molecule has 90 valence electrons. The van der Waals surface area contributed by atoms with E-state index in [0.29, 0.717) is 18.0 Å². The van der Waals surface area contributed by atoms with Gasteiger partial charge in [0.2, 0.25) is 0 Å². The highest BCUT2D eigenvalue weighted by Gasteiger charge is 2.48. The molecule has 17 heavy (non-hydrogen) atoms. The highest BCUT2D eigenvalue weighted by Crippen LogP contribution is 2.50. The SMILES string of the molecule is O=C(NC1CCCC1)C1=C2C=C3CC3C2NN1. The van der Waals surface area contributed by atoms with Crippen LogP contribution in [0.4, 0.5) is 0 Å². The fourth-order valence-electron chi connectivity index (χ4n) is 3.34. The van der Waals surface area contributed by atoms with Gasteiger partial charge in [-0.2, -0.15) is 0 Å². The Kier molecular flexibility index (Phi) is 1.92. The van der Waals surface area contributed by atoms with E-state index in [2.05, 4.69) is 22.2 Å². The van der Waals surface area contributed by atoms with Crippen molar-refractivity contribution < 1.29 is 4.79 Å². The summed E-state index contributed by atoms with van der Waals surface area (Å²) in [6.07, 6.45) is 8.17. The van der Waals surface area contributed by atoms with Gasteiger partial charge in [0, 0.05) is 17.5 Å². The van der Waals surface area contributed by atoms with Crippen molar-refractivity contribution in [3.8, 4) is 0 Å². The van der Waals surface area contributed by atoms with E-state index in [1.165, 1.54) is 30.4 Å². The first-order valence-electron chi connectivity index (χ1n) is 6.60. The number of hydrogen-bond acceptors (Lipinski definition) is 3. The molecule has 4 heteroatoms. The molecule has 0 radical (unpaired) electrons. The number of nitrogens with one attached hydrogen (secondary N) is 3. The van der Waals surface area contributed by atoms with Gasteiger partial charge in [0.15, 0.2) is 0 Å². The predicted molar refractivity (Wildman–Crippen MR) is 63.7 cm³/mol. The van der Waals surface area contributed by atoms with Crippen molar-refractivity contribution in [2.75, 3.05) is 0 Å². The van der Waals surface area contributed by atoms with Crippen molar-refractivity contribution in [2.24, 2.45) is 5.92 Å². The molecule has 2 saturated carbocycles. The zero-order valence-electron chi connectivity index (χ0n) is 9.75. The Bertz CT molecular complexity index is 446. The second kappa shape index (κ2) is 3.35. The van der Waals surface area contributed by atoms with Crippen LogP contribution in [0.15, 0.2) is 22.9 Å². The van der Waals surface area contributed by atoms with Crippen molar-refractivity contribution in [3.63, 3.8) is 0 Å². The molecule has 2 unspecified atom stereocenters. The molecule has 0 aromatic carbocycles. The Morgan fingerprint density at radius 3 is 3.00 bits per heavy atom. The molecule has 4 aliphatic rings. The molecule has 0 aromatic rings. The quantitative estimate of drug-likeness (QED) is 0.657. The first-order valence-corrected chi connectivity index (χ1v) is 6.60. The number of hydrazine groups is 1. The lowest BCUT2D eigenvalue weighted by atomic mass is 10.1. The highest BCUT2D eigenvalue weighted by molar-refractivity contribution is 5.95. The van der Waals surface area contributed by atoms with E-state index in [9.17, 15) is 4.79 Å². The summed E-state index contributed by atoms with van der Waals surface area (Å²) in [6, 6.07) is 0.745. The molecule has 1 amide bonds. The van der Waals surface area contributed by atoms with E-state index >= 15 is 0 Å². The molecule has 0 spiro atoms. The van der Waals surface area contributed by atoms with Crippen LogP contribution in [-0.2, 0) is 4.79 Å². The lowest BCUT2D eigenvalue weighted by Crippen LogP contribution is -2.40. The topological polar surface area (TPSA) is 53.2 Å². The fourth-order valence-corrected chi connectivity index (χ4v) is 3.34. The van der Waals surface area contributed by atoms with Gasteiger partial charge < -0.3 is 10.7 Å². The Morgan fingerprint density at radius 1 is 1.35 bits per heavy atom. The van der Waals surface area contributed by atoms with Crippen LogP contribution in [0.2, 0.25) is 0 Å². The van der Waals surface area contributed by atoms with Crippen LogP contribution in [0.25, 0.3) is 0 Å². The number of fused-ring (bicyclic) bond motifs is 3. The molecule has 4 nitrogen and oxygen atoms in total. The van der Waals surface area contributed by atoms with Crippen LogP contribution in [0.3, 0.4) is 0 Å². The molecule has 2 fully saturated rings. The summed E-state index contributed by atoms with van der Waals surface area (Å²) in [7, 11) is 0. The monoisotopic (exact) mass is 231 g/mol. The van der Waals surface area contributed by atoms with E-state index in [1.54, 1.807) is 0 Å². The molecule has 0 bridgehead atoms. The van der Waals surface area contributed by atoms with Crippen molar-refractivity contribution in [2.45, 2.75) is 44.2 Å². The third-order valence-corrected chi connectivity index (χ3v) is 4.41. The molecular formula is C13H17N3O. The van der Waals surface area contributed by atoms with Gasteiger partial charge in [-0.15, -0.1) is 0 Å². The number of hydrogen-bond donors (Lipinski definition) is 3. The van der Waals surface area contributed by atoms with E-state index < -0.39 is 0 Å². The number of rotatable bonds is 2. The summed E-state index contributed by atoms with van der Waals surface area (Å²) >= 11 is 0. The molecule has 4 rings (SSSR count). The second-order valence-electron chi connectivity index (χ2n) is 5.56. The molecule has 3 N–H and O–H groups in total. The van der Waals surface area contributed by atoms with Crippen LogP contribution in [0, 0.1) is 5.92 Å². The average molecular weight is 231 g/mol. The zero-order chi connectivity index (χ0) is 11.4. The molecule has 0 aromatic heterocycles. The first-order chi connectivity index (χ1) is 8.33. The summed E-state index contributed by atoms with van der Waals surface area (Å²) in [6.45, 7) is 0. The van der Waals surface area contributed by atoms with Crippen molar-refractivity contribution in [1.82, 2.24) is 16.2 Å². The van der Waals surface area contributed by atoms with E-state index in [-0.39, 0.29) is 5.91 Å². The Hall–Kier alpha value is -1.29. The molecule has 1 heterocycles. The van der Waals surface area contributed by atoms with Gasteiger partial charge in [0.25, 0.3) is 5.91 Å². The standard InChI is InChI=1S/C13H17N3O/c17-13(14-8-3-1-2-4-8)12-10-6-7-5-9(7)11(10)15-16-12/h6,8-9,11,15-16H,1-5H2,(H,14,17). The molecule has 1 aliphatic heterocycles. The minimum absolute atomic E-state index is 0.0695. The van der Waals surface area contributed by atoms with Gasteiger partial charge in [-0.05, 0) is 19.3 Å². The lowest BCUT2D eigenvalue weighted by molar-refractivity contribution is -0.118. The summed E-state index contributed by atoms with van der Waals surface area (Å²) in [5.41, 5.74) is 9.72. The van der Waals surface area contributed by atoms with E-state index in [0.717, 1.165) is 18.5 Å². The van der Waals surface area contributed by atoms with Crippen LogP contribution in [0.5, 0.6) is 0 Å². The summed E-state index contributed by atoms with van der Waals surface area (Å²) in [5, 5.41) is 3.13. The molecule has 0 saturated heterocycles. The number of amides is 1. The molecular weight excluding hydrogens is 214 g/mol. The van der Waals surface area contributed by atoms with Gasteiger partial charge in [-0.25, -0.2) is 5.43 Å². The first kappa shape index (κ1) is 9.71. The van der Waals surface area contributed by atoms with Gasteiger partial charge in [0.05, 0.1) is 6.04 Å². The Balaban J connectivity index is 1.53. The zero-order valence-corrected chi connectivity index (χ0v) is 9.75. The molecule has 3 aliphatic carbocycles. The predicted octanol–water partition coefficient (Wildman–Crippen LogP) is 0.736. The average Bonchev–Trinajstić information content (AvgIpc) is 2.75. The van der Waals surface area contributed by atoms with Crippen molar-refractivity contribution in [3.05, 3.63) is 22.9 Å².